The number of nitrogens with one attached hydrogen (secondary N) is 1. The molecular formula is C15H17N3O3. The molecule has 0 radical (unpaired) electrons. The molecule has 0 saturated heterocycles. The van der Waals surface area contributed by atoms with Crippen LogP contribution in [0.4, 0.5) is 5.82 Å². The summed E-state index contributed by atoms with van der Waals surface area (Å²) in [6, 6.07) is 10.8. The molecule has 1 heterocycles. The molecule has 1 unspecified atom stereocenters. The Hall–Kier alpha value is -2.47. The average molecular weight is 287 g/mol. The van der Waals surface area contributed by atoms with E-state index in [0.717, 1.165) is 11.1 Å². The first-order valence-corrected chi connectivity index (χ1v) is 6.50. The Morgan fingerprint density at radius 3 is 2.76 bits per heavy atom. The minimum absolute atomic E-state index is 0.141. The quantitative estimate of drug-likeness (QED) is 0.815. The molecule has 0 bridgehead atoms. The molecule has 0 fully saturated rings. The fraction of sp³-hybridized carbons (Fsp3) is 0.267. The van der Waals surface area contributed by atoms with Crippen molar-refractivity contribution >= 4 is 11.8 Å². The maximum Gasteiger partial charge on any atom is 0.358 e. The Kier molecular flexibility index (Phi) is 4.84. The van der Waals surface area contributed by atoms with Gasteiger partial charge in [0.1, 0.15) is 5.82 Å². The minimum Gasteiger partial charge on any atom is -0.464 e. The summed E-state index contributed by atoms with van der Waals surface area (Å²) in [5.74, 6) is -0.0526. The number of aliphatic hydroxyl groups is 1. The number of aromatic nitrogens is 2. The zero-order chi connectivity index (χ0) is 15.2. The van der Waals surface area contributed by atoms with Crippen molar-refractivity contribution < 1.29 is 14.6 Å². The van der Waals surface area contributed by atoms with Gasteiger partial charge in [0.15, 0.2) is 5.69 Å². The topological polar surface area (TPSA) is 84.3 Å². The van der Waals surface area contributed by atoms with Crippen molar-refractivity contribution in [2.24, 2.45) is 0 Å². The molecule has 1 aromatic carbocycles. The van der Waals surface area contributed by atoms with Gasteiger partial charge >= 0.3 is 5.97 Å². The fourth-order valence-corrected chi connectivity index (χ4v) is 1.84. The Balaban J connectivity index is 1.95. The van der Waals surface area contributed by atoms with Crippen LogP contribution in [-0.2, 0) is 4.74 Å². The maximum absolute atomic E-state index is 11.2. The summed E-state index contributed by atoms with van der Waals surface area (Å²) in [5.41, 5.74) is 2.07. The number of hydrogen-bond acceptors (Lipinski definition) is 6. The predicted molar refractivity (Wildman–Crippen MR) is 78.0 cm³/mol. The molecule has 2 aromatic rings. The molecule has 2 N–H and O–H groups in total. The summed E-state index contributed by atoms with van der Waals surface area (Å²) in [7, 11) is 1.29. The lowest BCUT2D eigenvalue weighted by atomic mass is 10.1. The third kappa shape index (κ3) is 4.00. The number of benzene rings is 1. The summed E-state index contributed by atoms with van der Waals surface area (Å²) < 4.78 is 4.54. The summed E-state index contributed by atoms with van der Waals surface area (Å²) >= 11 is 0. The van der Waals surface area contributed by atoms with Crippen molar-refractivity contribution in [3.05, 3.63) is 53.2 Å². The second kappa shape index (κ2) is 6.81. The summed E-state index contributed by atoms with van der Waals surface area (Å²) in [6.07, 6.45) is -0.646. The van der Waals surface area contributed by atoms with Crippen LogP contribution in [0.2, 0.25) is 0 Å². The third-order valence-electron chi connectivity index (χ3n) is 2.96. The Bertz CT molecular complexity index is 614. The van der Waals surface area contributed by atoms with Crippen LogP contribution in [0.3, 0.4) is 0 Å². The normalized spacial score (nSPS) is 11.8. The average Bonchev–Trinajstić information content (AvgIpc) is 2.52. The van der Waals surface area contributed by atoms with E-state index < -0.39 is 12.1 Å². The van der Waals surface area contributed by atoms with E-state index in [1.165, 1.54) is 13.2 Å². The van der Waals surface area contributed by atoms with Crippen molar-refractivity contribution in [2.45, 2.75) is 13.0 Å². The van der Waals surface area contributed by atoms with Gasteiger partial charge in [0.25, 0.3) is 0 Å². The van der Waals surface area contributed by atoms with E-state index in [2.05, 4.69) is 20.3 Å². The highest BCUT2D eigenvalue weighted by Crippen LogP contribution is 2.15. The van der Waals surface area contributed by atoms with Crippen LogP contribution in [0.1, 0.15) is 27.7 Å². The molecule has 21 heavy (non-hydrogen) atoms. The molecule has 6 nitrogen and oxygen atoms in total. The van der Waals surface area contributed by atoms with E-state index in [1.807, 2.05) is 31.2 Å². The van der Waals surface area contributed by atoms with Gasteiger partial charge in [-0.2, -0.15) is 0 Å². The highest BCUT2D eigenvalue weighted by Gasteiger charge is 2.10. The zero-order valence-corrected chi connectivity index (χ0v) is 11.9. The molecule has 6 heteroatoms. The largest absolute Gasteiger partial charge is 0.464 e. The summed E-state index contributed by atoms with van der Waals surface area (Å²) in [6.45, 7) is 2.27. The van der Waals surface area contributed by atoms with E-state index >= 15 is 0 Å². The Morgan fingerprint density at radius 1 is 1.33 bits per heavy atom. The van der Waals surface area contributed by atoms with E-state index in [1.54, 1.807) is 6.07 Å². The highest BCUT2D eigenvalue weighted by atomic mass is 16.5. The van der Waals surface area contributed by atoms with E-state index in [-0.39, 0.29) is 5.69 Å². The second-order valence-corrected chi connectivity index (χ2v) is 4.61. The lowest BCUT2D eigenvalue weighted by Gasteiger charge is -2.13. The number of aryl methyl sites for hydroxylation is 1. The van der Waals surface area contributed by atoms with Crippen LogP contribution in [0, 0.1) is 6.92 Å². The van der Waals surface area contributed by atoms with E-state index in [4.69, 9.17) is 0 Å². The van der Waals surface area contributed by atoms with Crippen molar-refractivity contribution in [1.82, 2.24) is 10.2 Å². The molecule has 0 aliphatic heterocycles. The van der Waals surface area contributed by atoms with Crippen LogP contribution < -0.4 is 5.32 Å². The van der Waals surface area contributed by atoms with Gasteiger partial charge in [0, 0.05) is 6.54 Å². The van der Waals surface area contributed by atoms with E-state index in [0.29, 0.717) is 12.4 Å². The predicted octanol–water partition coefficient (Wildman–Crippen LogP) is 1.72. The number of carbonyl (C=O) groups excluding carboxylic acids is 1. The van der Waals surface area contributed by atoms with Crippen molar-refractivity contribution in [2.75, 3.05) is 19.0 Å². The van der Waals surface area contributed by atoms with Crippen LogP contribution >= 0.6 is 0 Å². The first-order valence-electron chi connectivity index (χ1n) is 6.50. The van der Waals surface area contributed by atoms with Crippen LogP contribution in [-0.4, -0.2) is 34.9 Å². The van der Waals surface area contributed by atoms with Crippen LogP contribution in [0.25, 0.3) is 0 Å². The highest BCUT2D eigenvalue weighted by molar-refractivity contribution is 5.86. The molecule has 110 valence electrons. The second-order valence-electron chi connectivity index (χ2n) is 4.61. The summed E-state index contributed by atoms with van der Waals surface area (Å²) in [4.78, 5) is 11.2. The summed E-state index contributed by atoms with van der Waals surface area (Å²) in [5, 5.41) is 20.7. The molecule has 0 spiro atoms. The standard InChI is InChI=1S/C15H17N3O3/c1-10-4-3-5-11(8-10)13(19)9-16-14-7-6-12(17-18-14)15(20)21-2/h3-8,13,19H,9H2,1-2H3,(H,16,18). The Labute approximate surface area is 122 Å². The van der Waals surface area contributed by atoms with Crippen LogP contribution in [0.15, 0.2) is 36.4 Å². The molecule has 0 aliphatic rings. The van der Waals surface area contributed by atoms with E-state index in [9.17, 15) is 9.90 Å². The van der Waals surface area contributed by atoms with Crippen molar-refractivity contribution in [1.29, 1.82) is 0 Å². The van der Waals surface area contributed by atoms with Gasteiger partial charge in [0.2, 0.25) is 0 Å². The smallest absolute Gasteiger partial charge is 0.358 e. The number of nitrogens with zero attached hydrogens (tertiary/aromatic N) is 2. The van der Waals surface area contributed by atoms with Gasteiger partial charge in [-0.3, -0.25) is 0 Å². The number of methoxy groups -OCH3 is 1. The Morgan fingerprint density at radius 2 is 2.14 bits per heavy atom. The number of esters is 1. The molecule has 0 amide bonds. The van der Waals surface area contributed by atoms with Crippen molar-refractivity contribution in [3.8, 4) is 0 Å². The van der Waals surface area contributed by atoms with Gasteiger partial charge in [-0.1, -0.05) is 29.8 Å². The lowest BCUT2D eigenvalue weighted by Crippen LogP contribution is -2.14. The zero-order valence-electron chi connectivity index (χ0n) is 11.9. The van der Waals surface area contributed by atoms with Gasteiger partial charge in [0.05, 0.1) is 13.2 Å². The number of anilines is 1. The van der Waals surface area contributed by atoms with Gasteiger partial charge in [-0.15, -0.1) is 10.2 Å². The minimum atomic E-state index is -0.646. The number of ether oxygens (including phenoxy) is 1. The molecule has 0 saturated carbocycles. The van der Waals surface area contributed by atoms with Crippen LogP contribution in [0.5, 0.6) is 0 Å². The number of aliphatic hydroxyl groups excluding tert-OH is 1. The number of hydrogen-bond donors (Lipinski definition) is 2. The lowest BCUT2D eigenvalue weighted by molar-refractivity contribution is 0.0592. The van der Waals surface area contributed by atoms with Gasteiger partial charge in [-0.25, -0.2) is 4.79 Å². The number of rotatable bonds is 5. The first-order chi connectivity index (χ1) is 10.1. The number of carbonyl (C=O) groups is 1. The first kappa shape index (κ1) is 14.9. The third-order valence-corrected chi connectivity index (χ3v) is 2.96. The molecule has 2 rings (SSSR count). The van der Waals surface area contributed by atoms with Crippen molar-refractivity contribution in [3.63, 3.8) is 0 Å². The van der Waals surface area contributed by atoms with Gasteiger partial charge < -0.3 is 15.2 Å². The fourth-order valence-electron chi connectivity index (χ4n) is 1.84. The SMILES string of the molecule is COC(=O)c1ccc(NCC(O)c2cccc(C)c2)nn1. The van der Waals surface area contributed by atoms with Gasteiger partial charge in [-0.05, 0) is 24.6 Å². The molecule has 1 aromatic heterocycles. The molecule has 0 aliphatic carbocycles. The maximum atomic E-state index is 11.2. The molecular weight excluding hydrogens is 270 g/mol. The monoisotopic (exact) mass is 287 g/mol. The molecule has 1 atom stereocenters.